The normalized spacial score (nSPS) is 20.0. The number of rotatable bonds is 3. The van der Waals surface area contributed by atoms with E-state index in [9.17, 15) is 13.2 Å². The molecule has 28 heavy (non-hydrogen) atoms. The van der Waals surface area contributed by atoms with E-state index >= 15 is 0 Å². The van der Waals surface area contributed by atoms with Crippen molar-refractivity contribution in [3.05, 3.63) is 35.0 Å². The fourth-order valence-corrected chi connectivity index (χ4v) is 5.40. The van der Waals surface area contributed by atoms with Gasteiger partial charge in [0.15, 0.2) is 0 Å². The number of hydrogen-bond donors (Lipinski definition) is 1. The fraction of sp³-hybridized carbons (Fsp3) is 0.526. The van der Waals surface area contributed by atoms with Gasteiger partial charge in [-0.2, -0.15) is 17.0 Å². The average Bonchev–Trinajstić information content (AvgIpc) is 3.01. The number of piperazine rings is 1. The molecule has 2 fully saturated rings. The monoisotopic (exact) mass is 406 g/mol. The van der Waals surface area contributed by atoms with Crippen LogP contribution in [-0.4, -0.2) is 85.3 Å². The van der Waals surface area contributed by atoms with Crippen molar-refractivity contribution in [3.8, 4) is 0 Å². The van der Waals surface area contributed by atoms with E-state index in [0.29, 0.717) is 58.0 Å². The number of aromatic nitrogens is 1. The van der Waals surface area contributed by atoms with Crippen LogP contribution in [0.25, 0.3) is 10.9 Å². The number of carbonyl (C=O) groups excluding carboxylic acids is 1. The van der Waals surface area contributed by atoms with E-state index in [2.05, 4.69) is 4.98 Å². The minimum atomic E-state index is -3.49. The lowest BCUT2D eigenvalue weighted by Crippen LogP contribution is -2.55. The first-order valence-corrected chi connectivity index (χ1v) is 11.0. The van der Waals surface area contributed by atoms with Crippen LogP contribution in [0.5, 0.6) is 0 Å². The summed E-state index contributed by atoms with van der Waals surface area (Å²) in [4.78, 5) is 18.0. The molecule has 0 unspecified atom stereocenters. The van der Waals surface area contributed by atoms with Crippen molar-refractivity contribution in [2.24, 2.45) is 0 Å². The number of ether oxygens (including phenoxy) is 1. The van der Waals surface area contributed by atoms with Gasteiger partial charge in [0.2, 0.25) is 0 Å². The molecule has 1 aromatic heterocycles. The van der Waals surface area contributed by atoms with Crippen molar-refractivity contribution in [1.82, 2.24) is 18.5 Å². The zero-order valence-electron chi connectivity index (χ0n) is 16.3. The summed E-state index contributed by atoms with van der Waals surface area (Å²) < 4.78 is 33.7. The molecule has 2 aliphatic heterocycles. The van der Waals surface area contributed by atoms with Crippen molar-refractivity contribution in [3.63, 3.8) is 0 Å². The lowest BCUT2D eigenvalue weighted by molar-refractivity contribution is 0.0636. The van der Waals surface area contributed by atoms with E-state index in [0.717, 1.165) is 22.2 Å². The number of nitrogens with zero attached hydrogens (tertiary/aromatic N) is 3. The Morgan fingerprint density at radius 2 is 1.64 bits per heavy atom. The van der Waals surface area contributed by atoms with Crippen LogP contribution in [0, 0.1) is 13.8 Å². The fourth-order valence-electron chi connectivity index (χ4n) is 3.84. The largest absolute Gasteiger partial charge is 0.379 e. The highest BCUT2D eigenvalue weighted by atomic mass is 32.2. The van der Waals surface area contributed by atoms with E-state index in [-0.39, 0.29) is 5.91 Å². The molecule has 3 heterocycles. The summed E-state index contributed by atoms with van der Waals surface area (Å²) >= 11 is 0. The summed E-state index contributed by atoms with van der Waals surface area (Å²) in [6.07, 6.45) is 0. The molecule has 8 nitrogen and oxygen atoms in total. The first-order chi connectivity index (χ1) is 13.4. The number of carbonyl (C=O) groups is 1. The molecule has 1 aromatic carbocycles. The highest BCUT2D eigenvalue weighted by Gasteiger charge is 2.34. The zero-order chi connectivity index (χ0) is 19.9. The molecular formula is C19H26N4O4S. The Bertz CT molecular complexity index is 987. The second-order valence-corrected chi connectivity index (χ2v) is 9.27. The molecule has 0 saturated carbocycles. The van der Waals surface area contributed by atoms with Gasteiger partial charge in [0.1, 0.15) is 0 Å². The molecule has 0 spiro atoms. The maximum absolute atomic E-state index is 12.9. The van der Waals surface area contributed by atoms with Crippen LogP contribution in [0.2, 0.25) is 0 Å². The standard InChI is InChI=1S/C19H26N4O4S/c1-14-15(2)20-18-4-3-16(13-17(14)18)19(24)21-5-7-22(8-6-21)28(25,26)23-9-11-27-12-10-23/h3-4,13,20H,5-12H2,1-2H3. The van der Waals surface area contributed by atoms with Crippen LogP contribution in [-0.2, 0) is 14.9 Å². The van der Waals surface area contributed by atoms with Gasteiger partial charge in [0.05, 0.1) is 13.2 Å². The smallest absolute Gasteiger partial charge is 0.282 e. The SMILES string of the molecule is Cc1[nH]c2ccc(C(=O)N3CCN(S(=O)(=O)N4CCOCC4)CC3)cc2c1C. The molecule has 2 aromatic rings. The predicted octanol–water partition coefficient (Wildman–Crippen LogP) is 1.12. The first-order valence-electron chi connectivity index (χ1n) is 9.59. The number of morpholine rings is 1. The van der Waals surface area contributed by atoms with Crippen LogP contribution in [0.1, 0.15) is 21.6 Å². The number of H-pyrrole nitrogens is 1. The van der Waals surface area contributed by atoms with Gasteiger partial charge in [-0.1, -0.05) is 0 Å². The quantitative estimate of drug-likeness (QED) is 0.828. The summed E-state index contributed by atoms with van der Waals surface area (Å²) in [5.41, 5.74) is 3.90. The third-order valence-electron chi connectivity index (χ3n) is 5.70. The van der Waals surface area contributed by atoms with Crippen LogP contribution in [0.4, 0.5) is 0 Å². The topological polar surface area (TPSA) is 86.0 Å². The summed E-state index contributed by atoms with van der Waals surface area (Å²) in [5, 5.41) is 1.05. The van der Waals surface area contributed by atoms with Crippen LogP contribution >= 0.6 is 0 Å². The van der Waals surface area contributed by atoms with E-state index < -0.39 is 10.2 Å². The lowest BCUT2D eigenvalue weighted by Gasteiger charge is -2.37. The average molecular weight is 407 g/mol. The van der Waals surface area contributed by atoms with Crippen molar-refractivity contribution in [2.75, 3.05) is 52.5 Å². The molecule has 0 atom stereocenters. The van der Waals surface area contributed by atoms with Gasteiger partial charge in [-0.05, 0) is 37.6 Å². The Balaban J connectivity index is 1.44. The molecule has 1 N–H and O–H groups in total. The Morgan fingerprint density at radius 3 is 2.32 bits per heavy atom. The van der Waals surface area contributed by atoms with Gasteiger partial charge in [0, 0.05) is 61.4 Å². The number of nitrogens with one attached hydrogen (secondary N) is 1. The maximum atomic E-state index is 12.9. The summed E-state index contributed by atoms with van der Waals surface area (Å²) in [7, 11) is -3.49. The number of hydrogen-bond acceptors (Lipinski definition) is 4. The van der Waals surface area contributed by atoms with Crippen molar-refractivity contribution in [1.29, 1.82) is 0 Å². The van der Waals surface area contributed by atoms with Crippen molar-refractivity contribution in [2.45, 2.75) is 13.8 Å². The Hall–Kier alpha value is -1.94. The second kappa shape index (κ2) is 7.47. The molecule has 0 radical (unpaired) electrons. The molecule has 1 amide bonds. The molecule has 2 aliphatic rings. The van der Waals surface area contributed by atoms with Crippen LogP contribution < -0.4 is 0 Å². The minimum absolute atomic E-state index is 0.0522. The summed E-state index contributed by atoms with van der Waals surface area (Å²) in [6, 6.07) is 5.69. The molecule has 152 valence electrons. The van der Waals surface area contributed by atoms with Gasteiger partial charge in [0.25, 0.3) is 16.1 Å². The van der Waals surface area contributed by atoms with Gasteiger partial charge in [-0.15, -0.1) is 0 Å². The number of fused-ring (bicyclic) bond motifs is 1. The van der Waals surface area contributed by atoms with Gasteiger partial charge in [-0.25, -0.2) is 0 Å². The molecular weight excluding hydrogens is 380 g/mol. The Kier molecular flexibility index (Phi) is 5.17. The zero-order valence-corrected chi connectivity index (χ0v) is 17.1. The number of aromatic amines is 1. The number of amides is 1. The van der Waals surface area contributed by atoms with E-state index in [1.165, 1.54) is 8.61 Å². The molecule has 2 saturated heterocycles. The summed E-state index contributed by atoms with van der Waals surface area (Å²) in [6.45, 7) is 7.11. The highest BCUT2D eigenvalue weighted by Crippen LogP contribution is 2.23. The molecule has 0 aliphatic carbocycles. The van der Waals surface area contributed by atoms with E-state index in [1.54, 1.807) is 4.90 Å². The maximum Gasteiger partial charge on any atom is 0.282 e. The van der Waals surface area contributed by atoms with Crippen LogP contribution in [0.3, 0.4) is 0 Å². The number of benzene rings is 1. The van der Waals surface area contributed by atoms with E-state index in [1.807, 2.05) is 32.0 Å². The third-order valence-corrected chi connectivity index (χ3v) is 7.74. The minimum Gasteiger partial charge on any atom is -0.379 e. The lowest BCUT2D eigenvalue weighted by atomic mass is 10.1. The Labute approximate surface area is 165 Å². The van der Waals surface area contributed by atoms with Gasteiger partial charge in [-0.3, -0.25) is 4.79 Å². The van der Waals surface area contributed by atoms with Crippen molar-refractivity contribution >= 4 is 27.0 Å². The molecule has 4 rings (SSSR count). The Morgan fingerprint density at radius 1 is 1.00 bits per heavy atom. The molecule has 9 heteroatoms. The van der Waals surface area contributed by atoms with Crippen LogP contribution in [0.15, 0.2) is 18.2 Å². The predicted molar refractivity (Wildman–Crippen MR) is 107 cm³/mol. The van der Waals surface area contributed by atoms with Gasteiger partial charge < -0.3 is 14.6 Å². The van der Waals surface area contributed by atoms with Crippen molar-refractivity contribution < 1.29 is 17.9 Å². The third kappa shape index (κ3) is 3.43. The summed E-state index contributed by atoms with van der Waals surface area (Å²) in [5.74, 6) is -0.0522. The highest BCUT2D eigenvalue weighted by molar-refractivity contribution is 7.86. The molecule has 0 bridgehead atoms. The van der Waals surface area contributed by atoms with Gasteiger partial charge >= 0.3 is 0 Å². The number of aryl methyl sites for hydroxylation is 2. The van der Waals surface area contributed by atoms with E-state index in [4.69, 9.17) is 4.74 Å². The first kappa shape index (κ1) is 19.4. The second-order valence-electron chi connectivity index (χ2n) is 7.35.